The molecule has 0 saturated heterocycles. The minimum atomic E-state index is -1.36. The summed E-state index contributed by atoms with van der Waals surface area (Å²) >= 11 is 0. The number of nitrogens with one attached hydrogen (secondary N) is 1. The number of esters is 1. The van der Waals surface area contributed by atoms with Crippen LogP contribution >= 0.6 is 0 Å². The molecule has 2 atom stereocenters. The molecule has 0 aliphatic heterocycles. The van der Waals surface area contributed by atoms with E-state index in [9.17, 15) is 19.8 Å². The maximum absolute atomic E-state index is 12.4. The zero-order valence-corrected chi connectivity index (χ0v) is 14.6. The second-order valence-corrected chi connectivity index (χ2v) is 5.98. The number of carbonyl (C=O) groups excluding carboxylic acids is 2. The van der Waals surface area contributed by atoms with Crippen LogP contribution in [0.2, 0.25) is 0 Å². The summed E-state index contributed by atoms with van der Waals surface area (Å²) in [6, 6.07) is 4.12. The number of ether oxygens (including phenoxy) is 3. The lowest BCUT2D eigenvalue weighted by Crippen LogP contribution is -2.56. The molecule has 0 amide bonds. The number of phenols is 2. The van der Waals surface area contributed by atoms with E-state index in [1.807, 2.05) is 0 Å². The maximum Gasteiger partial charge on any atom is 0.511 e. The van der Waals surface area contributed by atoms with Gasteiger partial charge in [-0.1, -0.05) is 6.07 Å². The fourth-order valence-corrected chi connectivity index (χ4v) is 1.93. The molecule has 0 fully saturated rings. The van der Waals surface area contributed by atoms with Crippen LogP contribution in [-0.2, 0) is 25.4 Å². The van der Waals surface area contributed by atoms with Crippen molar-refractivity contribution in [3.05, 3.63) is 23.8 Å². The summed E-state index contributed by atoms with van der Waals surface area (Å²) in [5, 5.41) is 18.9. The third-order valence-electron chi connectivity index (χ3n) is 3.23. The monoisotopic (exact) mass is 356 g/mol. The van der Waals surface area contributed by atoms with Gasteiger partial charge in [0.1, 0.15) is 5.54 Å². The van der Waals surface area contributed by atoms with Gasteiger partial charge in [0.15, 0.2) is 11.5 Å². The topological polar surface area (TPSA) is 140 Å². The van der Waals surface area contributed by atoms with Crippen molar-refractivity contribution in [3.63, 3.8) is 0 Å². The molecule has 0 unspecified atom stereocenters. The van der Waals surface area contributed by atoms with Gasteiger partial charge in [0, 0.05) is 13.3 Å². The van der Waals surface area contributed by atoms with Crippen molar-refractivity contribution in [3.8, 4) is 11.5 Å². The van der Waals surface area contributed by atoms with Gasteiger partial charge in [-0.3, -0.25) is 5.84 Å². The van der Waals surface area contributed by atoms with E-state index in [-0.39, 0.29) is 24.0 Å². The quantitative estimate of drug-likeness (QED) is 0.187. The highest BCUT2D eigenvalue weighted by molar-refractivity contribution is 5.81. The van der Waals surface area contributed by atoms with Crippen molar-refractivity contribution >= 4 is 12.1 Å². The Labute approximate surface area is 145 Å². The van der Waals surface area contributed by atoms with Gasteiger partial charge in [-0.2, -0.15) is 0 Å². The Hall–Kier alpha value is -2.52. The minimum absolute atomic E-state index is 0.0549. The fourth-order valence-electron chi connectivity index (χ4n) is 1.93. The summed E-state index contributed by atoms with van der Waals surface area (Å²) in [7, 11) is 0. The second-order valence-electron chi connectivity index (χ2n) is 5.98. The van der Waals surface area contributed by atoms with E-state index in [4.69, 9.17) is 20.1 Å². The molecule has 0 aromatic heterocycles. The number of hydrogen-bond acceptors (Lipinski definition) is 9. The highest BCUT2D eigenvalue weighted by Crippen LogP contribution is 2.27. The van der Waals surface area contributed by atoms with Crippen molar-refractivity contribution < 1.29 is 34.0 Å². The van der Waals surface area contributed by atoms with E-state index in [0.29, 0.717) is 5.56 Å². The van der Waals surface area contributed by atoms with Crippen LogP contribution in [0.15, 0.2) is 18.2 Å². The molecule has 0 bridgehead atoms. The Bertz CT molecular complexity index is 621. The predicted octanol–water partition coefficient (Wildman–Crippen LogP) is 1.31. The normalized spacial score (nSPS) is 14.5. The Morgan fingerprint density at radius 1 is 1.16 bits per heavy atom. The molecule has 9 nitrogen and oxygen atoms in total. The first-order valence-corrected chi connectivity index (χ1v) is 7.64. The zero-order valence-electron chi connectivity index (χ0n) is 14.6. The highest BCUT2D eigenvalue weighted by atomic mass is 16.8. The van der Waals surface area contributed by atoms with Crippen LogP contribution in [0.3, 0.4) is 0 Å². The molecular formula is C16H24N2O7. The van der Waals surface area contributed by atoms with E-state index in [2.05, 4.69) is 5.43 Å². The van der Waals surface area contributed by atoms with Crippen molar-refractivity contribution in [2.24, 2.45) is 5.84 Å². The lowest BCUT2D eigenvalue weighted by Gasteiger charge is -2.28. The summed E-state index contributed by atoms with van der Waals surface area (Å²) in [6.45, 7) is 6.15. The Balaban J connectivity index is 2.74. The van der Waals surface area contributed by atoms with Gasteiger partial charge in [0.25, 0.3) is 0 Å². The molecular weight excluding hydrogens is 332 g/mol. The Kier molecular flexibility index (Phi) is 7.01. The van der Waals surface area contributed by atoms with Crippen molar-refractivity contribution in [1.82, 2.24) is 5.43 Å². The van der Waals surface area contributed by atoms with E-state index in [0.717, 1.165) is 0 Å². The van der Waals surface area contributed by atoms with E-state index in [1.165, 1.54) is 32.0 Å². The molecule has 5 N–H and O–H groups in total. The number of hydrogen-bond donors (Lipinski definition) is 4. The van der Waals surface area contributed by atoms with Crippen LogP contribution in [0.4, 0.5) is 4.79 Å². The Morgan fingerprint density at radius 3 is 2.32 bits per heavy atom. The molecule has 0 spiro atoms. The number of rotatable bonds is 7. The molecule has 1 aromatic rings. The number of benzene rings is 1. The lowest BCUT2D eigenvalue weighted by atomic mass is 9.93. The zero-order chi connectivity index (χ0) is 19.2. The molecule has 140 valence electrons. The summed E-state index contributed by atoms with van der Waals surface area (Å²) in [6.07, 6.45) is -2.45. The van der Waals surface area contributed by atoms with E-state index in [1.54, 1.807) is 13.8 Å². The van der Waals surface area contributed by atoms with E-state index >= 15 is 0 Å². The summed E-state index contributed by atoms with van der Waals surface area (Å²) in [5.41, 5.74) is 1.53. The molecule has 1 aromatic carbocycles. The van der Waals surface area contributed by atoms with Gasteiger partial charge >= 0.3 is 12.1 Å². The maximum atomic E-state index is 12.4. The smallest absolute Gasteiger partial charge is 0.504 e. The summed E-state index contributed by atoms with van der Waals surface area (Å²) < 4.78 is 14.7. The van der Waals surface area contributed by atoms with Crippen LogP contribution in [0.1, 0.15) is 33.3 Å². The number of carbonyl (C=O) groups is 2. The van der Waals surface area contributed by atoms with Gasteiger partial charge in [-0.25, -0.2) is 15.0 Å². The van der Waals surface area contributed by atoms with Crippen molar-refractivity contribution in [2.75, 3.05) is 0 Å². The summed E-state index contributed by atoms with van der Waals surface area (Å²) in [5.74, 6) is 4.10. The molecule has 0 heterocycles. The molecule has 0 radical (unpaired) electrons. The first-order chi connectivity index (χ1) is 11.6. The second kappa shape index (κ2) is 8.54. The first-order valence-electron chi connectivity index (χ1n) is 7.64. The third-order valence-corrected chi connectivity index (χ3v) is 3.23. The highest BCUT2D eigenvalue weighted by Gasteiger charge is 2.36. The number of nitrogens with two attached hydrogens (primary N) is 1. The molecule has 9 heteroatoms. The fraction of sp³-hybridized carbons (Fsp3) is 0.500. The SMILES string of the molecule is CC(C)OC(=O)O[C@@H](C)OC(=O)[C@](C)(Cc1ccc(O)c(O)c1)NN. The van der Waals surface area contributed by atoms with Gasteiger partial charge in [0.05, 0.1) is 6.10 Å². The van der Waals surface area contributed by atoms with Crippen molar-refractivity contribution in [1.29, 1.82) is 0 Å². The number of aromatic hydroxyl groups is 2. The van der Waals surface area contributed by atoms with Crippen LogP contribution in [-0.4, -0.2) is 40.3 Å². The van der Waals surface area contributed by atoms with Crippen LogP contribution in [0.25, 0.3) is 0 Å². The first kappa shape index (κ1) is 20.5. The summed E-state index contributed by atoms with van der Waals surface area (Å²) in [4.78, 5) is 23.8. The van der Waals surface area contributed by atoms with Gasteiger partial charge < -0.3 is 24.4 Å². The third kappa shape index (κ3) is 6.12. The lowest BCUT2D eigenvalue weighted by molar-refractivity contribution is -0.175. The van der Waals surface area contributed by atoms with Gasteiger partial charge in [-0.05, 0) is 38.5 Å². The largest absolute Gasteiger partial charge is 0.511 e. The average Bonchev–Trinajstić information content (AvgIpc) is 2.49. The van der Waals surface area contributed by atoms with E-state index < -0.39 is 24.0 Å². The van der Waals surface area contributed by atoms with Crippen molar-refractivity contribution in [2.45, 2.75) is 52.0 Å². The molecule has 0 saturated carbocycles. The number of phenolic OH excluding ortho intramolecular Hbond substituents is 2. The standard InChI is InChI=1S/C16H24N2O7/c1-9(2)23-15(22)25-10(3)24-14(21)16(4,18-17)8-11-5-6-12(19)13(20)7-11/h5-7,9-10,18-20H,8,17H2,1-4H3/t10-,16-/m0/s1. The van der Waals surface area contributed by atoms with Crippen LogP contribution in [0, 0.1) is 0 Å². The van der Waals surface area contributed by atoms with Gasteiger partial charge in [0.2, 0.25) is 6.29 Å². The Morgan fingerprint density at radius 2 is 1.80 bits per heavy atom. The predicted molar refractivity (Wildman–Crippen MR) is 87.5 cm³/mol. The van der Waals surface area contributed by atoms with Crippen LogP contribution < -0.4 is 11.3 Å². The molecule has 0 aliphatic carbocycles. The molecule has 25 heavy (non-hydrogen) atoms. The average molecular weight is 356 g/mol. The van der Waals surface area contributed by atoms with Crippen LogP contribution in [0.5, 0.6) is 11.5 Å². The molecule has 1 rings (SSSR count). The minimum Gasteiger partial charge on any atom is -0.504 e. The van der Waals surface area contributed by atoms with Gasteiger partial charge in [-0.15, -0.1) is 0 Å². The number of hydrazine groups is 1. The molecule has 0 aliphatic rings.